The Kier molecular flexibility index (Phi) is 9.57. The first-order valence-electron chi connectivity index (χ1n) is 11.1. The number of thioether (sulfide) groups is 1. The Morgan fingerprint density at radius 1 is 1.00 bits per heavy atom. The molecule has 0 aliphatic heterocycles. The minimum atomic E-state index is -0.267. The summed E-state index contributed by atoms with van der Waals surface area (Å²) in [7, 11) is 0. The van der Waals surface area contributed by atoms with Crippen LogP contribution in [-0.4, -0.2) is 41.7 Å². The third-order valence-corrected chi connectivity index (χ3v) is 5.56. The minimum absolute atomic E-state index is 0.0102. The molecule has 0 saturated carbocycles. The number of halogens is 1. The lowest BCUT2D eigenvalue weighted by molar-refractivity contribution is -0.116. The van der Waals surface area contributed by atoms with Crippen molar-refractivity contribution in [3.63, 3.8) is 0 Å². The van der Waals surface area contributed by atoms with Crippen LogP contribution in [0.2, 0.25) is 0 Å². The fraction of sp³-hybridized carbons (Fsp3) is 0.375. The molecule has 1 amide bonds. The highest BCUT2D eigenvalue weighted by Crippen LogP contribution is 2.41. The molecule has 0 aliphatic rings. The Labute approximate surface area is 202 Å². The molecule has 0 atom stereocenters. The zero-order valence-corrected chi connectivity index (χ0v) is 20.2. The molecule has 3 aromatic rings. The van der Waals surface area contributed by atoms with Crippen LogP contribution in [0.4, 0.5) is 10.4 Å². The van der Waals surface area contributed by atoms with Gasteiger partial charge in [0.2, 0.25) is 17.5 Å². The van der Waals surface area contributed by atoms with Crippen molar-refractivity contribution in [2.45, 2.75) is 38.5 Å². The van der Waals surface area contributed by atoms with E-state index >= 15 is 0 Å². The van der Waals surface area contributed by atoms with Gasteiger partial charge < -0.3 is 18.6 Å². The summed E-state index contributed by atoms with van der Waals surface area (Å²) in [6.07, 6.45) is 0.932. The fourth-order valence-corrected chi connectivity index (χ4v) is 3.89. The largest absolute Gasteiger partial charge is 0.490 e. The van der Waals surface area contributed by atoms with E-state index in [4.69, 9.17) is 18.6 Å². The lowest BCUT2D eigenvalue weighted by Gasteiger charge is -2.16. The fourth-order valence-electron chi connectivity index (χ4n) is 3.04. The molecule has 0 fully saturated rings. The van der Waals surface area contributed by atoms with Gasteiger partial charge in [-0.05, 0) is 69.3 Å². The van der Waals surface area contributed by atoms with Crippen LogP contribution in [-0.2, 0) is 4.79 Å². The molecule has 0 radical (unpaired) electrons. The van der Waals surface area contributed by atoms with Gasteiger partial charge in [-0.15, -0.1) is 16.9 Å². The number of hydrogen-bond donors (Lipinski definition) is 1. The van der Waals surface area contributed by atoms with E-state index in [2.05, 4.69) is 15.5 Å². The summed E-state index contributed by atoms with van der Waals surface area (Å²) in [6, 6.07) is 9.76. The van der Waals surface area contributed by atoms with Crippen molar-refractivity contribution < 1.29 is 27.8 Å². The lowest BCUT2D eigenvalue weighted by atomic mass is 10.2. The molecule has 0 saturated heterocycles. The number of anilines is 1. The van der Waals surface area contributed by atoms with E-state index in [0.29, 0.717) is 49.1 Å². The van der Waals surface area contributed by atoms with Crippen LogP contribution in [0.25, 0.3) is 11.5 Å². The van der Waals surface area contributed by atoms with E-state index in [0.717, 1.165) is 10.6 Å². The van der Waals surface area contributed by atoms with Crippen LogP contribution in [0.5, 0.6) is 17.2 Å². The van der Waals surface area contributed by atoms with Gasteiger partial charge in [0.25, 0.3) is 0 Å². The van der Waals surface area contributed by atoms with Gasteiger partial charge in [0.05, 0.1) is 19.8 Å². The maximum atomic E-state index is 13.0. The summed E-state index contributed by atoms with van der Waals surface area (Å²) in [4.78, 5) is 13.2. The van der Waals surface area contributed by atoms with Crippen molar-refractivity contribution in [3.05, 3.63) is 42.2 Å². The summed E-state index contributed by atoms with van der Waals surface area (Å²) in [5.41, 5.74) is 0.582. The molecule has 0 spiro atoms. The Hall–Kier alpha value is -3.27. The van der Waals surface area contributed by atoms with Crippen molar-refractivity contribution in [2.24, 2.45) is 0 Å². The topological polar surface area (TPSA) is 95.7 Å². The average molecular weight is 490 g/mol. The molecule has 34 heavy (non-hydrogen) atoms. The molecule has 2 aromatic carbocycles. The van der Waals surface area contributed by atoms with Gasteiger partial charge in [-0.2, -0.15) is 0 Å². The third kappa shape index (κ3) is 7.11. The van der Waals surface area contributed by atoms with Crippen LogP contribution in [0.3, 0.4) is 0 Å². The second kappa shape index (κ2) is 12.8. The summed E-state index contributed by atoms with van der Waals surface area (Å²) in [5.74, 6) is 1.97. The van der Waals surface area contributed by atoms with Crippen molar-refractivity contribution in [1.29, 1.82) is 0 Å². The number of carbonyl (C=O) groups is 1. The van der Waals surface area contributed by atoms with Crippen LogP contribution < -0.4 is 19.5 Å². The van der Waals surface area contributed by atoms with E-state index < -0.39 is 0 Å². The normalized spacial score (nSPS) is 10.7. The summed E-state index contributed by atoms with van der Waals surface area (Å²) >= 11 is 1.56. The number of nitrogens with zero attached hydrogens (tertiary/aromatic N) is 2. The first-order chi connectivity index (χ1) is 16.5. The van der Waals surface area contributed by atoms with Crippen LogP contribution in [0.1, 0.15) is 33.6 Å². The molecular weight excluding hydrogens is 461 g/mol. The second-order valence-corrected chi connectivity index (χ2v) is 8.14. The Morgan fingerprint density at radius 2 is 1.65 bits per heavy atom. The third-order valence-electron chi connectivity index (χ3n) is 4.46. The number of benzene rings is 2. The number of rotatable bonds is 13. The Balaban J connectivity index is 1.61. The highest BCUT2D eigenvalue weighted by molar-refractivity contribution is 7.99. The van der Waals surface area contributed by atoms with E-state index in [-0.39, 0.29) is 30.1 Å². The molecule has 0 bridgehead atoms. The molecule has 1 aromatic heterocycles. The van der Waals surface area contributed by atoms with E-state index in [1.807, 2.05) is 20.8 Å². The molecule has 0 unspecified atom stereocenters. The van der Waals surface area contributed by atoms with Gasteiger partial charge in [-0.3, -0.25) is 10.1 Å². The van der Waals surface area contributed by atoms with Gasteiger partial charge in [0.15, 0.2) is 11.5 Å². The SMILES string of the molecule is CCOc1cc(-c2nnc(NC(=O)CCCSc3ccc(F)cc3)o2)cc(OCC)c1OCC. The number of hydrogen-bond acceptors (Lipinski definition) is 8. The molecule has 0 aliphatic carbocycles. The van der Waals surface area contributed by atoms with Gasteiger partial charge >= 0.3 is 6.01 Å². The predicted octanol–water partition coefficient (Wildman–Crippen LogP) is 5.58. The molecular formula is C24H28FN3O5S. The highest BCUT2D eigenvalue weighted by Gasteiger charge is 2.19. The van der Waals surface area contributed by atoms with Gasteiger partial charge in [0, 0.05) is 16.9 Å². The summed E-state index contributed by atoms with van der Waals surface area (Å²) in [6.45, 7) is 6.98. The van der Waals surface area contributed by atoms with Crippen molar-refractivity contribution >= 4 is 23.7 Å². The zero-order chi connectivity index (χ0) is 24.3. The number of amides is 1. The Bertz CT molecular complexity index is 1050. The van der Waals surface area contributed by atoms with Gasteiger partial charge in [-0.1, -0.05) is 5.10 Å². The molecule has 8 nitrogen and oxygen atoms in total. The molecule has 10 heteroatoms. The van der Waals surface area contributed by atoms with E-state index in [1.165, 1.54) is 12.1 Å². The smallest absolute Gasteiger partial charge is 0.322 e. The van der Waals surface area contributed by atoms with Crippen molar-refractivity contribution in [1.82, 2.24) is 10.2 Å². The maximum absolute atomic E-state index is 13.0. The van der Waals surface area contributed by atoms with Crippen LogP contribution in [0.15, 0.2) is 45.7 Å². The van der Waals surface area contributed by atoms with Crippen LogP contribution in [0, 0.1) is 5.82 Å². The highest BCUT2D eigenvalue weighted by atomic mass is 32.2. The Morgan fingerprint density at radius 3 is 2.26 bits per heavy atom. The maximum Gasteiger partial charge on any atom is 0.322 e. The number of aromatic nitrogens is 2. The van der Waals surface area contributed by atoms with E-state index in [9.17, 15) is 9.18 Å². The summed E-state index contributed by atoms with van der Waals surface area (Å²) < 4.78 is 35.7. The molecule has 3 rings (SSSR count). The first kappa shape index (κ1) is 25.4. The van der Waals surface area contributed by atoms with Crippen molar-refractivity contribution in [2.75, 3.05) is 30.9 Å². The van der Waals surface area contributed by atoms with Crippen LogP contribution >= 0.6 is 11.8 Å². The number of ether oxygens (including phenoxy) is 3. The number of carbonyl (C=O) groups excluding carboxylic acids is 1. The monoisotopic (exact) mass is 489 g/mol. The zero-order valence-electron chi connectivity index (χ0n) is 19.4. The predicted molar refractivity (Wildman–Crippen MR) is 128 cm³/mol. The molecule has 1 heterocycles. The quantitative estimate of drug-likeness (QED) is 0.245. The standard InChI is InChI=1S/C24H28FN3O5S/c1-4-30-19-14-16(15-20(31-5-2)22(19)32-6-3)23-27-28-24(33-23)26-21(29)8-7-13-34-18-11-9-17(25)10-12-18/h9-12,14-15H,4-8,13H2,1-3H3,(H,26,28,29). The summed E-state index contributed by atoms with van der Waals surface area (Å²) in [5, 5.41) is 10.6. The minimum Gasteiger partial charge on any atom is -0.490 e. The molecule has 1 N–H and O–H groups in total. The lowest BCUT2D eigenvalue weighted by Crippen LogP contribution is -2.11. The average Bonchev–Trinajstić information content (AvgIpc) is 3.28. The van der Waals surface area contributed by atoms with Gasteiger partial charge in [0.1, 0.15) is 5.82 Å². The second-order valence-electron chi connectivity index (χ2n) is 6.97. The first-order valence-corrected chi connectivity index (χ1v) is 12.1. The van der Waals surface area contributed by atoms with Crippen molar-refractivity contribution in [3.8, 4) is 28.7 Å². The number of nitrogens with one attached hydrogen (secondary N) is 1. The van der Waals surface area contributed by atoms with Gasteiger partial charge in [-0.25, -0.2) is 4.39 Å². The molecule has 182 valence electrons. The van der Waals surface area contributed by atoms with E-state index in [1.54, 1.807) is 36.0 Å².